The molecule has 0 aliphatic carbocycles. The Balaban J connectivity index is 1.38. The Labute approximate surface area is 177 Å². The van der Waals surface area contributed by atoms with Crippen molar-refractivity contribution in [2.45, 2.75) is 26.3 Å². The van der Waals surface area contributed by atoms with Gasteiger partial charge in [0, 0.05) is 51.1 Å². The molecule has 1 unspecified atom stereocenters. The number of aromatic nitrogens is 2. The van der Waals surface area contributed by atoms with Gasteiger partial charge in [-0.05, 0) is 25.5 Å². The van der Waals surface area contributed by atoms with E-state index in [9.17, 15) is 9.59 Å². The summed E-state index contributed by atoms with van der Waals surface area (Å²) in [5.74, 6) is 0.829. The van der Waals surface area contributed by atoms with E-state index in [1.54, 1.807) is 26.6 Å². The normalized spacial score (nSPS) is 21.4. The van der Waals surface area contributed by atoms with Crippen LogP contribution in [0.15, 0.2) is 36.7 Å². The summed E-state index contributed by atoms with van der Waals surface area (Å²) in [5, 5.41) is 4.18. The molecule has 2 fully saturated rings. The van der Waals surface area contributed by atoms with E-state index in [4.69, 9.17) is 4.74 Å². The first kappa shape index (κ1) is 20.4. The SMILES string of the molecule is COc1ccccc1CN1CCC2(CCN(C(=O)n3cc(N(C)C(C)=O)cn3)C2)C1. The van der Waals surface area contributed by atoms with Gasteiger partial charge in [0.1, 0.15) is 5.75 Å². The van der Waals surface area contributed by atoms with Gasteiger partial charge in [-0.2, -0.15) is 9.78 Å². The Morgan fingerprint density at radius 2 is 1.97 bits per heavy atom. The van der Waals surface area contributed by atoms with Crippen molar-refractivity contribution in [2.24, 2.45) is 5.41 Å². The van der Waals surface area contributed by atoms with E-state index in [0.29, 0.717) is 5.69 Å². The Bertz CT molecular complexity index is 942. The third kappa shape index (κ3) is 3.92. The van der Waals surface area contributed by atoms with Gasteiger partial charge >= 0.3 is 6.03 Å². The summed E-state index contributed by atoms with van der Waals surface area (Å²) >= 11 is 0. The fourth-order valence-corrected chi connectivity index (χ4v) is 4.59. The van der Waals surface area contributed by atoms with Crippen LogP contribution in [-0.2, 0) is 11.3 Å². The molecule has 1 atom stereocenters. The van der Waals surface area contributed by atoms with Gasteiger partial charge in [0.2, 0.25) is 5.91 Å². The highest BCUT2D eigenvalue weighted by Crippen LogP contribution is 2.40. The number of carbonyl (C=O) groups is 2. The lowest BCUT2D eigenvalue weighted by molar-refractivity contribution is -0.116. The van der Waals surface area contributed by atoms with Gasteiger partial charge in [-0.15, -0.1) is 0 Å². The summed E-state index contributed by atoms with van der Waals surface area (Å²) in [5.41, 5.74) is 1.96. The molecule has 2 aliphatic rings. The average molecular weight is 412 g/mol. The molecule has 4 rings (SSSR count). The van der Waals surface area contributed by atoms with Crippen molar-refractivity contribution < 1.29 is 14.3 Å². The maximum absolute atomic E-state index is 12.9. The number of rotatable bonds is 4. The number of methoxy groups -OCH3 is 1. The number of hydrogen-bond donors (Lipinski definition) is 0. The van der Waals surface area contributed by atoms with E-state index in [1.807, 2.05) is 23.1 Å². The molecule has 1 spiro atoms. The molecule has 8 heteroatoms. The molecule has 0 saturated carbocycles. The van der Waals surface area contributed by atoms with Crippen molar-refractivity contribution in [2.75, 3.05) is 45.2 Å². The minimum Gasteiger partial charge on any atom is -0.496 e. The number of hydrogen-bond acceptors (Lipinski definition) is 5. The number of amides is 2. The zero-order valence-electron chi connectivity index (χ0n) is 17.9. The van der Waals surface area contributed by atoms with Gasteiger partial charge in [-0.1, -0.05) is 18.2 Å². The van der Waals surface area contributed by atoms with Crippen LogP contribution in [0.1, 0.15) is 25.3 Å². The van der Waals surface area contributed by atoms with Gasteiger partial charge in [-0.3, -0.25) is 9.69 Å². The van der Waals surface area contributed by atoms with E-state index in [2.05, 4.69) is 16.1 Å². The Morgan fingerprint density at radius 3 is 2.73 bits per heavy atom. The number of benzene rings is 1. The molecule has 0 radical (unpaired) electrons. The minimum absolute atomic E-state index is 0.0942. The third-order valence-corrected chi connectivity index (χ3v) is 6.44. The molecule has 2 amide bonds. The van der Waals surface area contributed by atoms with Crippen LogP contribution in [0.5, 0.6) is 5.75 Å². The summed E-state index contributed by atoms with van der Waals surface area (Å²) in [6.07, 6.45) is 5.26. The van der Waals surface area contributed by atoms with E-state index in [-0.39, 0.29) is 17.4 Å². The van der Waals surface area contributed by atoms with Crippen molar-refractivity contribution in [1.82, 2.24) is 19.6 Å². The van der Waals surface area contributed by atoms with Crippen molar-refractivity contribution in [3.05, 3.63) is 42.2 Å². The zero-order valence-corrected chi connectivity index (χ0v) is 17.9. The Morgan fingerprint density at radius 1 is 1.20 bits per heavy atom. The molecule has 160 valence electrons. The van der Waals surface area contributed by atoms with Crippen LogP contribution in [0.25, 0.3) is 0 Å². The molecular weight excluding hydrogens is 382 g/mol. The first-order valence-corrected chi connectivity index (χ1v) is 10.3. The number of likely N-dealkylation sites (tertiary alicyclic amines) is 2. The van der Waals surface area contributed by atoms with Gasteiger partial charge in [0.05, 0.1) is 25.2 Å². The van der Waals surface area contributed by atoms with Crippen molar-refractivity contribution in [3.63, 3.8) is 0 Å². The number of carbonyl (C=O) groups excluding carboxylic acids is 2. The second-order valence-electron chi connectivity index (χ2n) is 8.45. The summed E-state index contributed by atoms with van der Waals surface area (Å²) in [6, 6.07) is 8.02. The van der Waals surface area contributed by atoms with E-state index >= 15 is 0 Å². The molecule has 1 aromatic carbocycles. The lowest BCUT2D eigenvalue weighted by Gasteiger charge is -2.25. The van der Waals surface area contributed by atoms with Crippen LogP contribution in [0, 0.1) is 5.41 Å². The predicted octanol–water partition coefficient (Wildman–Crippen LogP) is 2.44. The molecule has 2 aliphatic heterocycles. The molecule has 0 N–H and O–H groups in total. The predicted molar refractivity (Wildman–Crippen MR) is 114 cm³/mol. The van der Waals surface area contributed by atoms with E-state index in [1.165, 1.54) is 22.1 Å². The molecule has 1 aromatic heterocycles. The fraction of sp³-hybridized carbons (Fsp3) is 0.500. The van der Waals surface area contributed by atoms with Gasteiger partial charge in [0.15, 0.2) is 0 Å². The van der Waals surface area contributed by atoms with Crippen LogP contribution in [0.3, 0.4) is 0 Å². The quantitative estimate of drug-likeness (QED) is 0.773. The van der Waals surface area contributed by atoms with Crippen molar-refractivity contribution in [1.29, 1.82) is 0 Å². The second kappa shape index (κ2) is 8.10. The first-order valence-electron chi connectivity index (χ1n) is 10.3. The molecule has 30 heavy (non-hydrogen) atoms. The standard InChI is InChI=1S/C22H29N5O3/c1-17(28)24(2)19-12-23-27(14-19)21(29)26-11-9-22(16-26)8-10-25(15-22)13-18-6-4-5-7-20(18)30-3/h4-7,12,14H,8-11,13,15-16H2,1-3H3. The molecule has 3 heterocycles. The summed E-state index contributed by atoms with van der Waals surface area (Å²) < 4.78 is 6.83. The van der Waals surface area contributed by atoms with Crippen LogP contribution >= 0.6 is 0 Å². The molecule has 8 nitrogen and oxygen atoms in total. The Kier molecular flexibility index (Phi) is 5.51. The van der Waals surface area contributed by atoms with Gasteiger partial charge < -0.3 is 14.5 Å². The fourth-order valence-electron chi connectivity index (χ4n) is 4.59. The van der Waals surface area contributed by atoms with E-state index < -0.39 is 0 Å². The van der Waals surface area contributed by atoms with Crippen LogP contribution in [0.4, 0.5) is 10.5 Å². The average Bonchev–Trinajstić information content (AvgIpc) is 3.48. The maximum atomic E-state index is 12.9. The van der Waals surface area contributed by atoms with Crippen molar-refractivity contribution in [3.8, 4) is 5.75 Å². The van der Waals surface area contributed by atoms with Gasteiger partial charge in [0.25, 0.3) is 0 Å². The van der Waals surface area contributed by atoms with Crippen molar-refractivity contribution >= 4 is 17.6 Å². The van der Waals surface area contributed by atoms with Crippen LogP contribution in [-0.4, -0.2) is 71.9 Å². The van der Waals surface area contributed by atoms with Crippen LogP contribution < -0.4 is 9.64 Å². The summed E-state index contributed by atoms with van der Waals surface area (Å²) in [4.78, 5) is 30.3. The first-order chi connectivity index (χ1) is 14.4. The summed E-state index contributed by atoms with van der Waals surface area (Å²) in [6.45, 7) is 5.83. The topological polar surface area (TPSA) is 70.9 Å². The second-order valence-corrected chi connectivity index (χ2v) is 8.45. The molecule has 2 aromatic rings. The minimum atomic E-state index is -0.127. The van der Waals surface area contributed by atoms with Gasteiger partial charge in [-0.25, -0.2) is 4.79 Å². The number of ether oxygens (including phenoxy) is 1. The molecule has 2 saturated heterocycles. The Hall–Kier alpha value is -2.87. The lowest BCUT2D eigenvalue weighted by Crippen LogP contribution is -2.36. The maximum Gasteiger partial charge on any atom is 0.344 e. The third-order valence-electron chi connectivity index (χ3n) is 6.44. The number of para-hydroxylation sites is 1. The molecular formula is C22H29N5O3. The highest BCUT2D eigenvalue weighted by molar-refractivity contribution is 5.91. The highest BCUT2D eigenvalue weighted by Gasteiger charge is 2.45. The van der Waals surface area contributed by atoms with Crippen LogP contribution in [0.2, 0.25) is 0 Å². The largest absolute Gasteiger partial charge is 0.496 e. The highest BCUT2D eigenvalue weighted by atomic mass is 16.5. The molecule has 0 bridgehead atoms. The van der Waals surface area contributed by atoms with E-state index in [0.717, 1.165) is 51.3 Å². The monoisotopic (exact) mass is 411 g/mol. The smallest absolute Gasteiger partial charge is 0.344 e. The number of nitrogens with zero attached hydrogens (tertiary/aromatic N) is 5. The number of anilines is 1. The summed E-state index contributed by atoms with van der Waals surface area (Å²) in [7, 11) is 3.38. The zero-order chi connectivity index (χ0) is 21.3. The lowest BCUT2D eigenvalue weighted by atomic mass is 9.86.